The zero-order valence-electron chi connectivity index (χ0n) is 9.15. The molecule has 0 aromatic carbocycles. The van der Waals surface area contributed by atoms with Crippen LogP contribution in [0.5, 0.6) is 0 Å². The molecule has 0 spiro atoms. The molecule has 84 valence electrons. The number of hydrogen-bond acceptors (Lipinski definition) is 5. The Morgan fingerprint density at radius 1 is 1.67 bits per heavy atom. The third-order valence-electron chi connectivity index (χ3n) is 2.86. The highest BCUT2D eigenvalue weighted by molar-refractivity contribution is 7.03. The second-order valence-corrected chi connectivity index (χ2v) is 4.62. The van der Waals surface area contributed by atoms with Crippen LogP contribution in [0.3, 0.4) is 0 Å². The van der Waals surface area contributed by atoms with E-state index in [-0.39, 0.29) is 0 Å². The quantitative estimate of drug-likeness (QED) is 0.835. The summed E-state index contributed by atoms with van der Waals surface area (Å²) in [5, 5.41) is 9.61. The molecular formula is C10H18N4S. The molecular weight excluding hydrogens is 208 g/mol. The van der Waals surface area contributed by atoms with Crippen molar-refractivity contribution in [2.24, 2.45) is 0 Å². The van der Waals surface area contributed by atoms with E-state index < -0.39 is 0 Å². The highest BCUT2D eigenvalue weighted by Gasteiger charge is 2.21. The fourth-order valence-electron chi connectivity index (χ4n) is 2.09. The summed E-state index contributed by atoms with van der Waals surface area (Å²) in [5.74, 6) is 0. The van der Waals surface area contributed by atoms with Gasteiger partial charge in [0.15, 0.2) is 0 Å². The fraction of sp³-hybridized carbons (Fsp3) is 0.800. The van der Waals surface area contributed by atoms with E-state index in [0.29, 0.717) is 6.04 Å². The summed E-state index contributed by atoms with van der Waals surface area (Å²) in [4.78, 5) is 2.52. The fourth-order valence-corrected chi connectivity index (χ4v) is 2.53. The van der Waals surface area contributed by atoms with Crippen LogP contribution in [0.4, 0.5) is 0 Å². The molecule has 1 atom stereocenters. The first-order valence-corrected chi connectivity index (χ1v) is 6.44. The van der Waals surface area contributed by atoms with Crippen LogP contribution in [-0.4, -0.2) is 40.2 Å². The van der Waals surface area contributed by atoms with E-state index in [4.69, 9.17) is 0 Å². The van der Waals surface area contributed by atoms with Gasteiger partial charge in [-0.15, -0.1) is 5.10 Å². The van der Waals surface area contributed by atoms with Crippen molar-refractivity contribution in [1.29, 1.82) is 0 Å². The topological polar surface area (TPSA) is 41.0 Å². The zero-order valence-corrected chi connectivity index (χ0v) is 9.96. The summed E-state index contributed by atoms with van der Waals surface area (Å²) in [6.07, 6.45) is 2.52. The summed E-state index contributed by atoms with van der Waals surface area (Å²) in [6.45, 7) is 6.55. The SMILES string of the molecule is CCCC1CNCCN1Cc1csnn1. The molecule has 0 amide bonds. The number of nitrogens with zero attached hydrogens (tertiary/aromatic N) is 3. The van der Waals surface area contributed by atoms with Gasteiger partial charge in [0, 0.05) is 37.6 Å². The normalized spacial score (nSPS) is 23.1. The monoisotopic (exact) mass is 226 g/mol. The first-order valence-electron chi connectivity index (χ1n) is 5.61. The van der Waals surface area contributed by atoms with E-state index in [0.717, 1.165) is 31.9 Å². The van der Waals surface area contributed by atoms with Crippen molar-refractivity contribution < 1.29 is 0 Å². The van der Waals surface area contributed by atoms with Gasteiger partial charge in [-0.1, -0.05) is 17.8 Å². The number of hydrogen-bond donors (Lipinski definition) is 1. The molecule has 0 bridgehead atoms. The first-order chi connectivity index (χ1) is 7.40. The molecule has 1 N–H and O–H groups in total. The Hall–Kier alpha value is -0.520. The molecule has 1 aliphatic rings. The minimum absolute atomic E-state index is 0.672. The van der Waals surface area contributed by atoms with Crippen LogP contribution < -0.4 is 5.32 Å². The van der Waals surface area contributed by atoms with E-state index in [1.807, 2.05) is 5.38 Å². The average molecular weight is 226 g/mol. The van der Waals surface area contributed by atoms with Gasteiger partial charge in [0.1, 0.15) is 0 Å². The molecule has 0 radical (unpaired) electrons. The molecule has 1 saturated heterocycles. The standard InChI is InChI=1S/C10H18N4S/c1-2-3-10-6-11-4-5-14(10)7-9-8-15-13-12-9/h8,10-11H,2-7H2,1H3. The highest BCUT2D eigenvalue weighted by atomic mass is 32.1. The first kappa shape index (κ1) is 11.0. The Morgan fingerprint density at radius 2 is 2.60 bits per heavy atom. The van der Waals surface area contributed by atoms with Gasteiger partial charge in [-0.2, -0.15) is 0 Å². The Labute approximate surface area is 94.8 Å². The molecule has 1 fully saturated rings. The van der Waals surface area contributed by atoms with E-state index in [1.165, 1.54) is 24.4 Å². The van der Waals surface area contributed by atoms with Gasteiger partial charge < -0.3 is 5.32 Å². The Bertz CT molecular complexity index is 273. The molecule has 0 saturated carbocycles. The van der Waals surface area contributed by atoms with Crippen molar-refractivity contribution in [3.63, 3.8) is 0 Å². The summed E-state index contributed by atoms with van der Waals surface area (Å²) in [5.41, 5.74) is 1.11. The van der Waals surface area contributed by atoms with Crippen molar-refractivity contribution in [1.82, 2.24) is 19.8 Å². The second-order valence-electron chi connectivity index (χ2n) is 4.01. The minimum atomic E-state index is 0.672. The highest BCUT2D eigenvalue weighted by Crippen LogP contribution is 2.13. The maximum absolute atomic E-state index is 4.11. The van der Waals surface area contributed by atoms with Crippen molar-refractivity contribution >= 4 is 11.5 Å². The Kier molecular flexibility index (Phi) is 4.05. The lowest BCUT2D eigenvalue weighted by Crippen LogP contribution is -2.50. The number of piperazine rings is 1. The van der Waals surface area contributed by atoms with Crippen LogP contribution in [0.2, 0.25) is 0 Å². The lowest BCUT2D eigenvalue weighted by Gasteiger charge is -2.35. The molecule has 1 aliphatic heterocycles. The van der Waals surface area contributed by atoms with Crippen LogP contribution in [-0.2, 0) is 6.54 Å². The van der Waals surface area contributed by atoms with Crippen LogP contribution in [0.25, 0.3) is 0 Å². The Balaban J connectivity index is 1.92. The predicted octanol–water partition coefficient (Wildman–Crippen LogP) is 1.11. The van der Waals surface area contributed by atoms with Crippen molar-refractivity contribution in [2.75, 3.05) is 19.6 Å². The summed E-state index contributed by atoms with van der Waals surface area (Å²) in [7, 11) is 0. The van der Waals surface area contributed by atoms with Crippen molar-refractivity contribution in [2.45, 2.75) is 32.4 Å². The molecule has 2 rings (SSSR count). The van der Waals surface area contributed by atoms with E-state index in [9.17, 15) is 0 Å². The average Bonchev–Trinajstić information content (AvgIpc) is 2.74. The van der Waals surface area contributed by atoms with Crippen LogP contribution >= 0.6 is 11.5 Å². The van der Waals surface area contributed by atoms with Gasteiger partial charge in [0.25, 0.3) is 0 Å². The van der Waals surface area contributed by atoms with E-state index in [1.54, 1.807) is 0 Å². The number of nitrogens with one attached hydrogen (secondary N) is 1. The van der Waals surface area contributed by atoms with Gasteiger partial charge in [0.05, 0.1) is 5.69 Å². The van der Waals surface area contributed by atoms with Crippen LogP contribution in [0.15, 0.2) is 5.38 Å². The van der Waals surface area contributed by atoms with Crippen LogP contribution in [0.1, 0.15) is 25.5 Å². The van der Waals surface area contributed by atoms with Gasteiger partial charge >= 0.3 is 0 Å². The maximum Gasteiger partial charge on any atom is 0.0895 e. The number of rotatable bonds is 4. The predicted molar refractivity (Wildman–Crippen MR) is 61.9 cm³/mol. The molecule has 15 heavy (non-hydrogen) atoms. The zero-order chi connectivity index (χ0) is 10.5. The molecule has 0 aliphatic carbocycles. The number of aromatic nitrogens is 2. The van der Waals surface area contributed by atoms with Gasteiger partial charge in [-0.25, -0.2) is 0 Å². The Morgan fingerprint density at radius 3 is 3.33 bits per heavy atom. The van der Waals surface area contributed by atoms with Crippen LogP contribution in [0, 0.1) is 0 Å². The molecule has 1 unspecified atom stereocenters. The van der Waals surface area contributed by atoms with Crippen molar-refractivity contribution in [3.05, 3.63) is 11.1 Å². The van der Waals surface area contributed by atoms with E-state index >= 15 is 0 Å². The smallest absolute Gasteiger partial charge is 0.0895 e. The molecule has 4 nitrogen and oxygen atoms in total. The van der Waals surface area contributed by atoms with Crippen molar-refractivity contribution in [3.8, 4) is 0 Å². The third kappa shape index (κ3) is 2.96. The minimum Gasteiger partial charge on any atom is -0.314 e. The lowest BCUT2D eigenvalue weighted by atomic mass is 10.1. The summed E-state index contributed by atoms with van der Waals surface area (Å²) in [6, 6.07) is 0.672. The molecule has 1 aromatic heterocycles. The van der Waals surface area contributed by atoms with E-state index in [2.05, 4.69) is 26.7 Å². The van der Waals surface area contributed by atoms with Gasteiger partial charge in [0.2, 0.25) is 0 Å². The maximum atomic E-state index is 4.11. The van der Waals surface area contributed by atoms with Gasteiger partial charge in [-0.05, 0) is 18.0 Å². The van der Waals surface area contributed by atoms with Gasteiger partial charge in [-0.3, -0.25) is 4.90 Å². The second kappa shape index (κ2) is 5.53. The summed E-state index contributed by atoms with van der Waals surface area (Å²) >= 11 is 1.44. The molecule has 1 aromatic rings. The largest absolute Gasteiger partial charge is 0.314 e. The summed E-state index contributed by atoms with van der Waals surface area (Å²) < 4.78 is 3.91. The third-order valence-corrected chi connectivity index (χ3v) is 3.42. The molecule has 2 heterocycles. The molecule has 5 heteroatoms. The lowest BCUT2D eigenvalue weighted by molar-refractivity contribution is 0.142.